The largest absolute Gasteiger partial charge is 0.359 e. The number of aromatic nitrogens is 1. The van der Waals surface area contributed by atoms with Crippen molar-refractivity contribution >= 4 is 28.3 Å². The number of thioether (sulfide) groups is 1. The van der Waals surface area contributed by atoms with Crippen LogP contribution >= 0.6 is 23.1 Å². The summed E-state index contributed by atoms with van der Waals surface area (Å²) in [6.07, 6.45) is 1.86. The van der Waals surface area contributed by atoms with E-state index in [0.717, 1.165) is 17.5 Å². The molecule has 1 aromatic heterocycles. The van der Waals surface area contributed by atoms with Crippen LogP contribution in [0.5, 0.6) is 0 Å². The van der Waals surface area contributed by atoms with E-state index in [4.69, 9.17) is 0 Å². The topological polar surface area (TPSA) is 37.3 Å². The zero-order valence-corrected chi connectivity index (χ0v) is 11.5. The number of hydrogen-bond acceptors (Lipinski definition) is 4. The molecule has 0 saturated carbocycles. The second-order valence-electron chi connectivity index (χ2n) is 4.71. The fourth-order valence-corrected chi connectivity index (χ4v) is 3.25. The van der Waals surface area contributed by atoms with Crippen molar-refractivity contribution in [3.63, 3.8) is 0 Å². The van der Waals surface area contributed by atoms with Crippen molar-refractivity contribution in [3.05, 3.63) is 16.6 Å². The first kappa shape index (κ1) is 11.9. The highest BCUT2D eigenvalue weighted by Gasteiger charge is 2.27. The molecule has 2 heterocycles. The molecule has 2 rings (SSSR count). The Balaban J connectivity index is 1.90. The Morgan fingerprint density at radius 1 is 1.62 bits per heavy atom. The van der Waals surface area contributed by atoms with Gasteiger partial charge in [0.05, 0.1) is 11.6 Å². The summed E-state index contributed by atoms with van der Waals surface area (Å²) in [6.45, 7) is 7.39. The lowest BCUT2D eigenvalue weighted by Gasteiger charge is -2.16. The van der Waals surface area contributed by atoms with Gasteiger partial charge in [-0.1, -0.05) is 18.7 Å². The molecule has 1 saturated heterocycles. The number of hydrogen-bond donors (Lipinski definition) is 1. The quantitative estimate of drug-likeness (QED) is 0.902. The van der Waals surface area contributed by atoms with Gasteiger partial charge in [0.2, 0.25) is 0 Å². The highest BCUT2D eigenvalue weighted by molar-refractivity contribution is 8.14. The van der Waals surface area contributed by atoms with E-state index < -0.39 is 0 Å². The molecular weight excluding hydrogens is 238 g/mol. The summed E-state index contributed by atoms with van der Waals surface area (Å²) in [5.74, 6) is 1.51. The molecule has 1 aliphatic heterocycles. The van der Waals surface area contributed by atoms with Gasteiger partial charge in [0, 0.05) is 28.8 Å². The zero-order chi connectivity index (χ0) is 11.6. The van der Waals surface area contributed by atoms with Crippen LogP contribution in [0.15, 0.2) is 16.6 Å². The first-order valence-electron chi connectivity index (χ1n) is 5.42. The normalized spacial score (nSPS) is 23.3. The third-order valence-electron chi connectivity index (χ3n) is 2.40. The molecule has 1 aromatic rings. The lowest BCUT2D eigenvalue weighted by molar-refractivity contribution is 0.536. The van der Waals surface area contributed by atoms with E-state index in [0.29, 0.717) is 5.92 Å². The Hall–Kier alpha value is -0.550. The maximum absolute atomic E-state index is 4.61. The molecule has 0 bridgehead atoms. The molecule has 5 heteroatoms. The van der Waals surface area contributed by atoms with E-state index in [-0.39, 0.29) is 5.54 Å². The Morgan fingerprint density at radius 2 is 2.44 bits per heavy atom. The molecule has 0 radical (unpaired) electrons. The van der Waals surface area contributed by atoms with Crippen LogP contribution in [0.1, 0.15) is 31.7 Å². The van der Waals surface area contributed by atoms with Crippen LogP contribution in [0, 0.1) is 0 Å². The summed E-state index contributed by atoms with van der Waals surface area (Å²) >= 11 is 3.52. The monoisotopic (exact) mass is 255 g/mol. The Morgan fingerprint density at radius 3 is 3.00 bits per heavy atom. The van der Waals surface area contributed by atoms with Crippen LogP contribution in [0.25, 0.3) is 0 Å². The molecule has 16 heavy (non-hydrogen) atoms. The average Bonchev–Trinajstić information content (AvgIpc) is 2.83. The van der Waals surface area contributed by atoms with E-state index in [1.54, 1.807) is 11.3 Å². The predicted octanol–water partition coefficient (Wildman–Crippen LogP) is 2.72. The predicted molar refractivity (Wildman–Crippen MR) is 72.5 cm³/mol. The highest BCUT2D eigenvalue weighted by atomic mass is 32.2. The summed E-state index contributed by atoms with van der Waals surface area (Å²) in [6, 6.07) is 0. The van der Waals surface area contributed by atoms with Gasteiger partial charge in [-0.15, -0.1) is 11.3 Å². The molecule has 0 amide bonds. The van der Waals surface area contributed by atoms with Gasteiger partial charge in [-0.3, -0.25) is 4.99 Å². The van der Waals surface area contributed by atoms with Crippen molar-refractivity contribution < 1.29 is 0 Å². The maximum Gasteiger partial charge on any atom is 0.157 e. The number of rotatable bonds is 3. The minimum absolute atomic E-state index is 0.188. The van der Waals surface area contributed by atoms with Gasteiger partial charge in [-0.25, -0.2) is 4.98 Å². The van der Waals surface area contributed by atoms with Gasteiger partial charge >= 0.3 is 0 Å². The van der Waals surface area contributed by atoms with Crippen molar-refractivity contribution in [3.8, 4) is 0 Å². The number of amidine groups is 1. The van der Waals surface area contributed by atoms with E-state index >= 15 is 0 Å². The van der Waals surface area contributed by atoms with Crippen LogP contribution in [-0.2, 0) is 0 Å². The molecule has 3 nitrogen and oxygen atoms in total. The highest BCUT2D eigenvalue weighted by Crippen LogP contribution is 2.23. The van der Waals surface area contributed by atoms with E-state index in [1.807, 2.05) is 23.3 Å². The van der Waals surface area contributed by atoms with Gasteiger partial charge in [0.15, 0.2) is 5.17 Å². The van der Waals surface area contributed by atoms with Crippen LogP contribution in [0.3, 0.4) is 0 Å². The lowest BCUT2D eigenvalue weighted by Crippen LogP contribution is -2.37. The fraction of sp³-hybridized carbons (Fsp3) is 0.636. The Bertz CT molecular complexity index is 371. The molecule has 88 valence electrons. The zero-order valence-electron chi connectivity index (χ0n) is 9.86. The third-order valence-corrected chi connectivity index (χ3v) is 4.77. The smallest absolute Gasteiger partial charge is 0.157 e. The first-order valence-corrected chi connectivity index (χ1v) is 7.28. The number of nitrogens with zero attached hydrogens (tertiary/aromatic N) is 2. The van der Waals surface area contributed by atoms with E-state index in [2.05, 4.69) is 36.1 Å². The molecule has 1 unspecified atom stereocenters. The van der Waals surface area contributed by atoms with Gasteiger partial charge in [-0.2, -0.15) is 0 Å². The molecule has 1 atom stereocenters. The molecule has 0 spiro atoms. The van der Waals surface area contributed by atoms with Gasteiger partial charge in [-0.05, 0) is 13.8 Å². The number of thiazole rings is 1. The fourth-order valence-electron chi connectivity index (χ4n) is 1.47. The number of aliphatic imine (C=N–C) groups is 1. The van der Waals surface area contributed by atoms with Crippen LogP contribution in [-0.4, -0.2) is 28.0 Å². The molecule has 0 aromatic carbocycles. The van der Waals surface area contributed by atoms with E-state index in [9.17, 15) is 0 Å². The second kappa shape index (κ2) is 4.75. The van der Waals surface area contributed by atoms with Crippen molar-refractivity contribution in [1.82, 2.24) is 10.3 Å². The van der Waals surface area contributed by atoms with Crippen LogP contribution < -0.4 is 5.32 Å². The van der Waals surface area contributed by atoms with Crippen LogP contribution in [0.4, 0.5) is 0 Å². The first-order chi connectivity index (χ1) is 7.57. The minimum Gasteiger partial charge on any atom is -0.359 e. The third kappa shape index (κ3) is 2.98. The Kier molecular flexibility index (Phi) is 3.54. The standard InChI is InChI=1S/C11H17N3S2/c1-8(9-12-4-5-15-9)6-13-10-14-11(2,3)7-16-10/h4-5,8H,6-7H2,1-3H3,(H,13,14). The van der Waals surface area contributed by atoms with Crippen molar-refractivity contribution in [1.29, 1.82) is 0 Å². The SMILES string of the molecule is CC(CN=C1NC(C)(C)CS1)c1nccs1. The summed E-state index contributed by atoms with van der Waals surface area (Å²) in [4.78, 5) is 8.92. The lowest BCUT2D eigenvalue weighted by atomic mass is 10.1. The second-order valence-corrected chi connectivity index (χ2v) is 6.60. The molecule has 0 aliphatic carbocycles. The average molecular weight is 255 g/mol. The molecule has 1 N–H and O–H groups in total. The van der Waals surface area contributed by atoms with Gasteiger partial charge in [0.25, 0.3) is 0 Å². The molecular formula is C11H17N3S2. The maximum atomic E-state index is 4.61. The molecule has 1 aliphatic rings. The van der Waals surface area contributed by atoms with Crippen molar-refractivity contribution in [2.75, 3.05) is 12.3 Å². The Labute approximate surface area is 105 Å². The summed E-state index contributed by atoms with van der Waals surface area (Å²) in [7, 11) is 0. The summed E-state index contributed by atoms with van der Waals surface area (Å²) in [5.41, 5.74) is 0.188. The summed E-state index contributed by atoms with van der Waals surface area (Å²) < 4.78 is 0. The summed E-state index contributed by atoms with van der Waals surface area (Å²) in [5, 5.41) is 7.70. The van der Waals surface area contributed by atoms with E-state index in [1.165, 1.54) is 5.01 Å². The van der Waals surface area contributed by atoms with Crippen molar-refractivity contribution in [2.45, 2.75) is 32.2 Å². The van der Waals surface area contributed by atoms with Crippen LogP contribution in [0.2, 0.25) is 0 Å². The van der Waals surface area contributed by atoms with Gasteiger partial charge < -0.3 is 5.32 Å². The minimum atomic E-state index is 0.188. The van der Waals surface area contributed by atoms with Gasteiger partial charge in [0.1, 0.15) is 0 Å². The van der Waals surface area contributed by atoms with Crippen molar-refractivity contribution in [2.24, 2.45) is 4.99 Å². The number of nitrogens with one attached hydrogen (secondary N) is 1. The molecule has 1 fully saturated rings.